The summed E-state index contributed by atoms with van der Waals surface area (Å²) in [6.45, 7) is 0. The van der Waals surface area contributed by atoms with Gasteiger partial charge in [-0.05, 0) is 66.3 Å². The second-order valence-electron chi connectivity index (χ2n) is 5.95. The van der Waals surface area contributed by atoms with Crippen LogP contribution in [0.2, 0.25) is 0 Å². The van der Waals surface area contributed by atoms with Crippen molar-refractivity contribution in [3.63, 3.8) is 0 Å². The number of hydrazone groups is 1. The molecule has 3 rings (SSSR count). The third-order valence-corrected chi connectivity index (χ3v) is 4.01. The lowest BCUT2D eigenvalue weighted by atomic mass is 10.2. The summed E-state index contributed by atoms with van der Waals surface area (Å²) in [4.78, 5) is 22.3. The van der Waals surface area contributed by atoms with Gasteiger partial charge in [-0.25, -0.2) is 4.79 Å². The van der Waals surface area contributed by atoms with Gasteiger partial charge in [0.25, 0.3) is 5.69 Å². The minimum absolute atomic E-state index is 0.0951. The minimum Gasteiger partial charge on any atom is -0.423 e. The maximum atomic E-state index is 12.1. The highest BCUT2D eigenvalue weighted by Gasteiger charge is 2.11. The number of non-ortho nitro benzene ring substituents is 1. The summed E-state index contributed by atoms with van der Waals surface area (Å²) in [5.41, 5.74) is 4.45. The zero-order chi connectivity index (χ0) is 21.3. The van der Waals surface area contributed by atoms with E-state index in [2.05, 4.69) is 15.8 Å². The van der Waals surface area contributed by atoms with Crippen molar-refractivity contribution in [3.05, 3.63) is 100 Å². The summed E-state index contributed by atoms with van der Waals surface area (Å²) in [6.07, 6.45) is 1.57. The summed E-state index contributed by atoms with van der Waals surface area (Å²) in [5.74, 6) is -0.268. The Bertz CT molecular complexity index is 1070. The molecule has 9 heteroatoms. The lowest BCUT2D eigenvalue weighted by Crippen LogP contribution is -2.23. The van der Waals surface area contributed by atoms with Gasteiger partial charge in [0.2, 0.25) is 0 Å². The monoisotopic (exact) mass is 420 g/mol. The van der Waals surface area contributed by atoms with E-state index in [4.69, 9.17) is 17.0 Å². The van der Waals surface area contributed by atoms with Crippen LogP contribution in [0.25, 0.3) is 0 Å². The normalized spacial score (nSPS) is 10.4. The fourth-order valence-electron chi connectivity index (χ4n) is 2.35. The fourth-order valence-corrected chi connectivity index (χ4v) is 2.52. The number of thiocarbonyl (C=S) groups is 1. The summed E-state index contributed by atoms with van der Waals surface area (Å²) in [6, 6.07) is 21.3. The topological polar surface area (TPSA) is 106 Å². The average molecular weight is 420 g/mol. The summed E-state index contributed by atoms with van der Waals surface area (Å²) < 4.78 is 5.27. The van der Waals surface area contributed by atoms with E-state index in [0.717, 1.165) is 11.3 Å². The Kier molecular flexibility index (Phi) is 6.80. The molecule has 0 amide bonds. The van der Waals surface area contributed by atoms with Crippen LogP contribution in [0, 0.1) is 10.1 Å². The molecular weight excluding hydrogens is 404 g/mol. The van der Waals surface area contributed by atoms with Crippen LogP contribution >= 0.6 is 12.2 Å². The number of ether oxygens (including phenoxy) is 1. The van der Waals surface area contributed by atoms with Crippen molar-refractivity contribution in [1.82, 2.24) is 5.43 Å². The van der Waals surface area contributed by atoms with Gasteiger partial charge in [-0.1, -0.05) is 18.2 Å². The van der Waals surface area contributed by atoms with Gasteiger partial charge < -0.3 is 10.1 Å². The van der Waals surface area contributed by atoms with Gasteiger partial charge in [-0.15, -0.1) is 0 Å². The van der Waals surface area contributed by atoms with Gasteiger partial charge in [0, 0.05) is 17.8 Å². The molecule has 0 bridgehead atoms. The molecule has 0 fully saturated rings. The van der Waals surface area contributed by atoms with Crippen molar-refractivity contribution in [3.8, 4) is 5.75 Å². The Morgan fingerprint density at radius 3 is 2.30 bits per heavy atom. The van der Waals surface area contributed by atoms with Crippen molar-refractivity contribution in [2.75, 3.05) is 5.32 Å². The largest absolute Gasteiger partial charge is 0.423 e. The Morgan fingerprint density at radius 2 is 1.67 bits per heavy atom. The van der Waals surface area contributed by atoms with Crippen LogP contribution in [-0.4, -0.2) is 22.2 Å². The van der Waals surface area contributed by atoms with Crippen LogP contribution in [0.5, 0.6) is 5.75 Å². The van der Waals surface area contributed by atoms with E-state index in [1.807, 2.05) is 30.3 Å². The Balaban J connectivity index is 1.51. The number of carbonyl (C=O) groups is 1. The van der Waals surface area contributed by atoms with E-state index in [-0.39, 0.29) is 11.3 Å². The third kappa shape index (κ3) is 5.94. The number of esters is 1. The van der Waals surface area contributed by atoms with Crippen molar-refractivity contribution in [1.29, 1.82) is 0 Å². The Hall–Kier alpha value is -4.11. The van der Waals surface area contributed by atoms with E-state index in [9.17, 15) is 14.9 Å². The zero-order valence-corrected chi connectivity index (χ0v) is 16.3. The lowest BCUT2D eigenvalue weighted by Gasteiger charge is -2.06. The van der Waals surface area contributed by atoms with Crippen LogP contribution in [0.4, 0.5) is 11.4 Å². The number of hydrogen-bond acceptors (Lipinski definition) is 6. The van der Waals surface area contributed by atoms with Crippen LogP contribution in [0.3, 0.4) is 0 Å². The second kappa shape index (κ2) is 9.89. The molecule has 3 aromatic carbocycles. The van der Waals surface area contributed by atoms with Gasteiger partial charge in [-0.3, -0.25) is 15.5 Å². The molecule has 0 aliphatic carbocycles. The van der Waals surface area contributed by atoms with E-state index < -0.39 is 10.9 Å². The first-order valence-electron chi connectivity index (χ1n) is 8.73. The molecule has 3 aromatic rings. The van der Waals surface area contributed by atoms with Crippen LogP contribution < -0.4 is 15.5 Å². The summed E-state index contributed by atoms with van der Waals surface area (Å²) >= 11 is 5.16. The Labute approximate surface area is 177 Å². The van der Waals surface area contributed by atoms with Crippen molar-refractivity contribution in [2.45, 2.75) is 0 Å². The van der Waals surface area contributed by atoms with Gasteiger partial charge >= 0.3 is 5.97 Å². The molecular formula is C21H16N4O4S. The first-order valence-corrected chi connectivity index (χ1v) is 9.14. The van der Waals surface area contributed by atoms with E-state index in [0.29, 0.717) is 10.9 Å². The highest BCUT2D eigenvalue weighted by molar-refractivity contribution is 7.80. The summed E-state index contributed by atoms with van der Waals surface area (Å²) in [7, 11) is 0. The molecule has 0 spiro atoms. The molecule has 0 heterocycles. The van der Waals surface area contributed by atoms with E-state index in [1.165, 1.54) is 24.3 Å². The number of nitrogens with one attached hydrogen (secondary N) is 2. The standard InChI is InChI=1S/C21H16N4O4S/c26-20(16-8-10-18(11-9-16)25(27)28)29-19-12-6-15(7-13-19)14-22-24-21(30)23-17-4-2-1-3-5-17/h1-14H,(H2,23,24,30). The van der Waals surface area contributed by atoms with Gasteiger partial charge in [-0.2, -0.15) is 5.10 Å². The minimum atomic E-state index is -0.606. The number of carbonyl (C=O) groups excluding carboxylic acids is 1. The molecule has 0 aliphatic heterocycles. The Morgan fingerprint density at radius 1 is 1.00 bits per heavy atom. The number of rotatable bonds is 6. The molecule has 30 heavy (non-hydrogen) atoms. The molecule has 0 aromatic heterocycles. The second-order valence-corrected chi connectivity index (χ2v) is 6.36. The first-order chi connectivity index (χ1) is 14.5. The third-order valence-electron chi connectivity index (χ3n) is 3.82. The highest BCUT2D eigenvalue weighted by atomic mass is 32.1. The molecule has 2 N–H and O–H groups in total. The summed E-state index contributed by atoms with van der Waals surface area (Å²) in [5, 5.41) is 18.1. The molecule has 0 atom stereocenters. The van der Waals surface area contributed by atoms with Gasteiger partial charge in [0.05, 0.1) is 16.7 Å². The molecule has 0 aliphatic rings. The van der Waals surface area contributed by atoms with E-state index in [1.54, 1.807) is 30.5 Å². The number of hydrogen-bond donors (Lipinski definition) is 2. The zero-order valence-electron chi connectivity index (χ0n) is 15.5. The predicted octanol–water partition coefficient (Wildman–Crippen LogP) is 4.13. The highest BCUT2D eigenvalue weighted by Crippen LogP contribution is 2.16. The smallest absolute Gasteiger partial charge is 0.343 e. The molecule has 0 unspecified atom stereocenters. The number of para-hydroxylation sites is 1. The lowest BCUT2D eigenvalue weighted by molar-refractivity contribution is -0.384. The van der Waals surface area contributed by atoms with Crippen LogP contribution in [0.15, 0.2) is 84.0 Å². The molecule has 0 radical (unpaired) electrons. The number of benzene rings is 3. The van der Waals surface area contributed by atoms with Crippen molar-refractivity contribution in [2.24, 2.45) is 5.10 Å². The van der Waals surface area contributed by atoms with Gasteiger partial charge in [0.15, 0.2) is 5.11 Å². The van der Waals surface area contributed by atoms with E-state index >= 15 is 0 Å². The average Bonchev–Trinajstić information content (AvgIpc) is 2.75. The van der Waals surface area contributed by atoms with Gasteiger partial charge in [0.1, 0.15) is 5.75 Å². The molecule has 0 saturated heterocycles. The van der Waals surface area contributed by atoms with Crippen molar-refractivity contribution >= 4 is 40.9 Å². The number of nitrogens with zero attached hydrogens (tertiary/aromatic N) is 2. The molecule has 0 saturated carbocycles. The number of anilines is 1. The first kappa shape index (κ1) is 20.6. The number of nitro groups is 1. The number of nitro benzene ring substituents is 1. The van der Waals surface area contributed by atoms with Crippen LogP contribution in [0.1, 0.15) is 15.9 Å². The maximum absolute atomic E-state index is 12.1. The quantitative estimate of drug-likeness (QED) is 0.154. The maximum Gasteiger partial charge on any atom is 0.343 e. The predicted molar refractivity (Wildman–Crippen MR) is 118 cm³/mol. The molecule has 8 nitrogen and oxygen atoms in total. The van der Waals surface area contributed by atoms with Crippen molar-refractivity contribution < 1.29 is 14.5 Å². The fraction of sp³-hybridized carbons (Fsp3) is 0. The SMILES string of the molecule is O=C(Oc1ccc(C=NNC(=S)Nc2ccccc2)cc1)c1ccc([N+](=O)[O-])cc1. The van der Waals surface area contributed by atoms with Crippen LogP contribution in [-0.2, 0) is 0 Å². The molecule has 150 valence electrons.